The summed E-state index contributed by atoms with van der Waals surface area (Å²) in [5.74, 6) is -1.33. The summed E-state index contributed by atoms with van der Waals surface area (Å²) in [6, 6.07) is 1.50. The van der Waals surface area contributed by atoms with Gasteiger partial charge in [-0.3, -0.25) is 4.98 Å². The molecule has 0 spiro atoms. The smallest absolute Gasteiger partial charge is 0.545 e. The molecule has 0 aromatic carbocycles. The van der Waals surface area contributed by atoms with Crippen LogP contribution in [0.2, 0.25) is 5.22 Å². The van der Waals surface area contributed by atoms with Gasteiger partial charge in [-0.25, -0.2) is 0 Å². The number of carboxylic acids is 1. The molecular formula is C8H3ClLiNO3. The molecule has 0 radical (unpaired) electrons. The maximum Gasteiger partial charge on any atom is 1.00 e. The molecule has 6 heteroatoms. The molecule has 2 rings (SSSR count). The molecule has 0 aliphatic rings. The van der Waals surface area contributed by atoms with Gasteiger partial charge in [-0.2, -0.15) is 0 Å². The van der Waals surface area contributed by atoms with Gasteiger partial charge in [-0.1, -0.05) is 0 Å². The fourth-order valence-corrected chi connectivity index (χ4v) is 1.27. The Balaban J connectivity index is 0.000000980. The molecule has 2 aromatic heterocycles. The molecular weight excluding hydrogens is 200 g/mol. The van der Waals surface area contributed by atoms with Crippen LogP contribution in [0.1, 0.15) is 10.4 Å². The second kappa shape index (κ2) is 4.05. The van der Waals surface area contributed by atoms with Crippen molar-refractivity contribution in [1.29, 1.82) is 0 Å². The van der Waals surface area contributed by atoms with Crippen molar-refractivity contribution in [3.8, 4) is 0 Å². The maximum absolute atomic E-state index is 10.6. The zero-order chi connectivity index (χ0) is 9.42. The molecule has 0 amide bonds. The summed E-state index contributed by atoms with van der Waals surface area (Å²) in [7, 11) is 0. The number of carbonyl (C=O) groups is 1. The number of nitrogens with zero attached hydrogens (tertiary/aromatic N) is 1. The van der Waals surface area contributed by atoms with Gasteiger partial charge >= 0.3 is 18.9 Å². The number of carboxylic acid groups (broad SMARTS) is 1. The SMILES string of the molecule is O=C([O-])c1cncc2cc(Cl)oc12.[Li+]. The van der Waals surface area contributed by atoms with Crippen molar-refractivity contribution in [3.05, 3.63) is 29.2 Å². The van der Waals surface area contributed by atoms with E-state index in [2.05, 4.69) is 4.98 Å². The zero-order valence-electron chi connectivity index (χ0n) is 7.28. The van der Waals surface area contributed by atoms with Crippen molar-refractivity contribution >= 4 is 28.5 Å². The van der Waals surface area contributed by atoms with E-state index in [9.17, 15) is 9.90 Å². The molecule has 14 heavy (non-hydrogen) atoms. The monoisotopic (exact) mass is 203 g/mol. The average Bonchev–Trinajstić information content (AvgIpc) is 2.43. The third-order valence-electron chi connectivity index (χ3n) is 1.61. The topological polar surface area (TPSA) is 66.2 Å². The molecule has 0 aliphatic carbocycles. The van der Waals surface area contributed by atoms with E-state index < -0.39 is 5.97 Å². The Labute approximate surface area is 96.0 Å². The molecule has 0 bridgehead atoms. The third kappa shape index (κ3) is 1.78. The molecule has 0 saturated heterocycles. The Hall–Kier alpha value is -0.953. The van der Waals surface area contributed by atoms with E-state index in [-0.39, 0.29) is 35.2 Å². The van der Waals surface area contributed by atoms with Crippen LogP contribution in [0.4, 0.5) is 0 Å². The van der Waals surface area contributed by atoms with E-state index >= 15 is 0 Å². The first kappa shape index (κ1) is 11.1. The van der Waals surface area contributed by atoms with E-state index in [1.165, 1.54) is 12.3 Å². The number of furan rings is 1. The first-order valence-electron chi connectivity index (χ1n) is 3.43. The Bertz CT molecular complexity index is 482. The van der Waals surface area contributed by atoms with Crippen LogP contribution in [0.25, 0.3) is 11.0 Å². The van der Waals surface area contributed by atoms with Crippen molar-refractivity contribution in [1.82, 2.24) is 4.98 Å². The zero-order valence-corrected chi connectivity index (χ0v) is 8.04. The van der Waals surface area contributed by atoms with Crippen molar-refractivity contribution in [2.45, 2.75) is 0 Å². The average molecular weight is 204 g/mol. The second-order valence-electron chi connectivity index (χ2n) is 2.44. The number of fused-ring (bicyclic) bond motifs is 1. The Kier molecular flexibility index (Phi) is 3.22. The van der Waals surface area contributed by atoms with Gasteiger partial charge in [0.25, 0.3) is 0 Å². The summed E-state index contributed by atoms with van der Waals surface area (Å²) in [6.45, 7) is 0. The number of aromatic nitrogens is 1. The van der Waals surface area contributed by atoms with Crippen LogP contribution in [-0.2, 0) is 0 Å². The van der Waals surface area contributed by atoms with Crippen molar-refractivity contribution in [2.24, 2.45) is 0 Å². The quantitative estimate of drug-likeness (QED) is 0.496. The van der Waals surface area contributed by atoms with Crippen LogP contribution in [0.15, 0.2) is 22.9 Å². The fraction of sp³-hybridized carbons (Fsp3) is 0. The largest absolute Gasteiger partial charge is 1.00 e. The van der Waals surface area contributed by atoms with Crippen LogP contribution in [0.5, 0.6) is 0 Å². The van der Waals surface area contributed by atoms with Gasteiger partial charge in [-0.05, 0) is 11.6 Å². The van der Waals surface area contributed by atoms with E-state index in [1.807, 2.05) is 0 Å². The molecule has 0 unspecified atom stereocenters. The van der Waals surface area contributed by atoms with Crippen LogP contribution in [0.3, 0.4) is 0 Å². The summed E-state index contributed by atoms with van der Waals surface area (Å²) < 4.78 is 4.96. The van der Waals surface area contributed by atoms with E-state index in [1.54, 1.807) is 0 Å². The Morgan fingerprint density at radius 3 is 2.86 bits per heavy atom. The number of pyridine rings is 1. The van der Waals surface area contributed by atoms with Crippen LogP contribution < -0.4 is 24.0 Å². The minimum absolute atomic E-state index is 0. The van der Waals surface area contributed by atoms with E-state index in [4.69, 9.17) is 16.0 Å². The minimum Gasteiger partial charge on any atom is -0.545 e. The van der Waals surface area contributed by atoms with Gasteiger partial charge in [0.2, 0.25) is 0 Å². The van der Waals surface area contributed by atoms with Gasteiger partial charge in [0.05, 0.1) is 11.5 Å². The van der Waals surface area contributed by atoms with Gasteiger partial charge in [0.1, 0.15) is 5.58 Å². The molecule has 0 saturated carbocycles. The number of hydrogen-bond acceptors (Lipinski definition) is 4. The first-order valence-corrected chi connectivity index (χ1v) is 3.80. The van der Waals surface area contributed by atoms with Gasteiger partial charge in [0.15, 0.2) is 5.22 Å². The number of rotatable bonds is 1. The fourth-order valence-electron chi connectivity index (χ4n) is 1.08. The van der Waals surface area contributed by atoms with E-state index in [0.717, 1.165) is 6.20 Å². The first-order chi connectivity index (χ1) is 6.18. The second-order valence-corrected chi connectivity index (χ2v) is 2.82. The molecule has 2 heterocycles. The summed E-state index contributed by atoms with van der Waals surface area (Å²) >= 11 is 5.55. The standard InChI is InChI=1S/C8H4ClNO3.Li/c9-6-1-4-2-10-3-5(8(11)12)7(4)13-6;/h1-3H,(H,11,12);/q;+1/p-1. The van der Waals surface area contributed by atoms with Crippen molar-refractivity contribution in [3.63, 3.8) is 0 Å². The van der Waals surface area contributed by atoms with Gasteiger partial charge < -0.3 is 14.3 Å². The number of carbonyl (C=O) groups excluding carboxylic acids is 1. The minimum atomic E-state index is -1.33. The Morgan fingerprint density at radius 2 is 2.21 bits per heavy atom. The summed E-state index contributed by atoms with van der Waals surface area (Å²) in [5.41, 5.74) is 0.101. The third-order valence-corrected chi connectivity index (χ3v) is 1.80. The summed E-state index contributed by atoms with van der Waals surface area (Å²) in [4.78, 5) is 14.3. The summed E-state index contributed by atoms with van der Waals surface area (Å²) in [5, 5.41) is 11.2. The Morgan fingerprint density at radius 1 is 1.50 bits per heavy atom. The summed E-state index contributed by atoms with van der Waals surface area (Å²) in [6.07, 6.45) is 2.63. The normalized spacial score (nSPS) is 9.79. The van der Waals surface area contributed by atoms with Crippen LogP contribution in [0, 0.1) is 0 Å². The molecule has 0 N–H and O–H groups in total. The predicted molar refractivity (Wildman–Crippen MR) is 43.3 cm³/mol. The number of aromatic carboxylic acids is 1. The molecule has 0 atom stereocenters. The van der Waals surface area contributed by atoms with Crippen LogP contribution >= 0.6 is 11.6 Å². The maximum atomic E-state index is 10.6. The van der Waals surface area contributed by atoms with Gasteiger partial charge in [0, 0.05) is 23.8 Å². The molecule has 0 fully saturated rings. The molecule has 0 aliphatic heterocycles. The number of halogens is 1. The van der Waals surface area contributed by atoms with Crippen LogP contribution in [-0.4, -0.2) is 11.0 Å². The van der Waals surface area contributed by atoms with Crippen molar-refractivity contribution < 1.29 is 33.2 Å². The number of hydrogen-bond donors (Lipinski definition) is 0. The van der Waals surface area contributed by atoms with E-state index in [0.29, 0.717) is 5.39 Å². The van der Waals surface area contributed by atoms with Gasteiger partial charge in [-0.15, -0.1) is 0 Å². The van der Waals surface area contributed by atoms with Crippen molar-refractivity contribution in [2.75, 3.05) is 0 Å². The molecule has 4 nitrogen and oxygen atoms in total. The predicted octanol–water partition coefficient (Wildman–Crippen LogP) is -2.15. The molecule has 66 valence electrons. The molecule has 2 aromatic rings.